The first-order valence-corrected chi connectivity index (χ1v) is 18.3. The summed E-state index contributed by atoms with van der Waals surface area (Å²) in [7, 11) is 4.09. The van der Waals surface area contributed by atoms with Crippen LogP contribution in [0, 0.1) is 5.41 Å². The van der Waals surface area contributed by atoms with E-state index in [2.05, 4.69) is 22.9 Å². The molecule has 0 bridgehead atoms. The zero-order valence-corrected chi connectivity index (χ0v) is 30.3. The minimum atomic E-state index is -1.65. The molecule has 274 valence electrons. The van der Waals surface area contributed by atoms with Crippen LogP contribution in [0.3, 0.4) is 0 Å². The number of amides is 3. The van der Waals surface area contributed by atoms with Crippen molar-refractivity contribution >= 4 is 29.1 Å². The number of methoxy groups -OCH3 is 2. The molecule has 1 aliphatic rings. The van der Waals surface area contributed by atoms with Crippen molar-refractivity contribution < 1.29 is 29.0 Å². The molecule has 12 nitrogen and oxygen atoms in total. The van der Waals surface area contributed by atoms with Gasteiger partial charge in [0.2, 0.25) is 0 Å². The molecular weight excluding hydrogens is 626 g/mol. The SMILES string of the molecule is CCCCCCCCCCCCCCCCNC(=O)Nc1ccc(OC)c(NC(=O)C(C(=O)C2(CC)CC2)n2c(O)c(OC)n(C)c2=O)c1. The minimum absolute atomic E-state index is 0.166. The van der Waals surface area contributed by atoms with Crippen molar-refractivity contribution in [3.05, 3.63) is 28.7 Å². The van der Waals surface area contributed by atoms with E-state index < -0.39 is 34.7 Å². The summed E-state index contributed by atoms with van der Waals surface area (Å²) in [6.07, 6.45) is 19.4. The van der Waals surface area contributed by atoms with Crippen LogP contribution in [-0.4, -0.2) is 52.7 Å². The molecule has 1 saturated carbocycles. The summed E-state index contributed by atoms with van der Waals surface area (Å²) >= 11 is 0. The monoisotopic (exact) mass is 685 g/mol. The number of benzene rings is 1. The highest BCUT2D eigenvalue weighted by molar-refractivity contribution is 6.12. The Morgan fingerprint density at radius 1 is 0.857 bits per heavy atom. The van der Waals surface area contributed by atoms with Crippen molar-refractivity contribution in [3.63, 3.8) is 0 Å². The van der Waals surface area contributed by atoms with E-state index in [-0.39, 0.29) is 23.3 Å². The van der Waals surface area contributed by atoms with Gasteiger partial charge in [0, 0.05) is 24.7 Å². The van der Waals surface area contributed by atoms with Crippen LogP contribution in [0.1, 0.15) is 129 Å². The molecule has 1 aliphatic carbocycles. The van der Waals surface area contributed by atoms with Gasteiger partial charge < -0.3 is 30.5 Å². The van der Waals surface area contributed by atoms with Crippen molar-refractivity contribution in [2.75, 3.05) is 31.4 Å². The van der Waals surface area contributed by atoms with Crippen LogP contribution in [0.4, 0.5) is 16.2 Å². The second-order valence-corrected chi connectivity index (χ2v) is 13.3. The predicted molar refractivity (Wildman–Crippen MR) is 193 cm³/mol. The molecule has 3 rings (SSSR count). The molecule has 0 aliphatic heterocycles. The van der Waals surface area contributed by atoms with Crippen LogP contribution in [-0.2, 0) is 16.6 Å². The number of hydrogen-bond donors (Lipinski definition) is 4. The van der Waals surface area contributed by atoms with Gasteiger partial charge in [0.15, 0.2) is 11.8 Å². The fraction of sp³-hybridized carbons (Fsp3) is 0.676. The molecule has 1 heterocycles. The largest absolute Gasteiger partial charge is 0.495 e. The smallest absolute Gasteiger partial charge is 0.334 e. The zero-order chi connectivity index (χ0) is 35.8. The molecular formula is C37H59N5O7. The van der Waals surface area contributed by atoms with E-state index in [0.29, 0.717) is 31.5 Å². The maximum Gasteiger partial charge on any atom is 0.334 e. The second-order valence-electron chi connectivity index (χ2n) is 13.3. The summed E-state index contributed by atoms with van der Waals surface area (Å²) in [6, 6.07) is 2.71. The van der Waals surface area contributed by atoms with Crippen molar-refractivity contribution in [2.45, 2.75) is 129 Å². The Kier molecular flexibility index (Phi) is 16.0. The number of ether oxygens (including phenoxy) is 2. The van der Waals surface area contributed by atoms with E-state index in [1.54, 1.807) is 12.1 Å². The Hall–Kier alpha value is -3.96. The number of imidazole rings is 1. The van der Waals surface area contributed by atoms with Crippen molar-refractivity contribution in [3.8, 4) is 17.5 Å². The van der Waals surface area contributed by atoms with Crippen LogP contribution >= 0.6 is 0 Å². The summed E-state index contributed by atoms with van der Waals surface area (Å²) < 4.78 is 12.4. The number of ketones is 1. The van der Waals surface area contributed by atoms with Crippen LogP contribution in [0.25, 0.3) is 0 Å². The van der Waals surface area contributed by atoms with Gasteiger partial charge >= 0.3 is 11.7 Å². The number of Topliss-reactive ketones (excluding diaryl/α,β-unsaturated/α-hetero) is 1. The lowest BCUT2D eigenvalue weighted by atomic mass is 9.91. The second kappa shape index (κ2) is 19.9. The highest BCUT2D eigenvalue weighted by Gasteiger charge is 2.53. The third-order valence-electron chi connectivity index (χ3n) is 9.75. The van der Waals surface area contributed by atoms with E-state index in [0.717, 1.165) is 28.4 Å². The summed E-state index contributed by atoms with van der Waals surface area (Å²) in [5.74, 6) is -1.79. The van der Waals surface area contributed by atoms with Crippen LogP contribution in [0.2, 0.25) is 0 Å². The number of urea groups is 1. The Labute approximate surface area is 291 Å². The molecule has 1 atom stereocenters. The minimum Gasteiger partial charge on any atom is -0.495 e. The zero-order valence-electron chi connectivity index (χ0n) is 30.3. The Morgan fingerprint density at radius 3 is 1.92 bits per heavy atom. The lowest BCUT2D eigenvalue weighted by molar-refractivity contribution is -0.134. The molecule has 3 amide bonds. The Morgan fingerprint density at radius 2 is 1.43 bits per heavy atom. The van der Waals surface area contributed by atoms with Gasteiger partial charge in [0.1, 0.15) is 5.75 Å². The highest BCUT2D eigenvalue weighted by Crippen LogP contribution is 2.52. The van der Waals surface area contributed by atoms with Crippen LogP contribution in [0.15, 0.2) is 23.0 Å². The number of nitrogens with one attached hydrogen (secondary N) is 3. The molecule has 49 heavy (non-hydrogen) atoms. The fourth-order valence-corrected chi connectivity index (χ4v) is 6.40. The Bertz CT molecular complexity index is 1430. The lowest BCUT2D eigenvalue weighted by Crippen LogP contribution is -2.41. The highest BCUT2D eigenvalue weighted by atomic mass is 16.5. The predicted octanol–water partition coefficient (Wildman–Crippen LogP) is 7.45. The molecule has 1 aromatic carbocycles. The van der Waals surface area contributed by atoms with Gasteiger partial charge in [-0.15, -0.1) is 0 Å². The standard InChI is InChI=1S/C37H59N5O7/c1-6-8-9-10-11-12-13-14-15-16-17-18-19-20-25-38-35(46)39-27-21-22-29(48-4)28(26-27)40-32(44)30(31(43)37(7-2)23-24-37)42-33(45)34(49-5)41(3)36(42)47/h21-22,26,30,45H,6-20,23-25H2,1-5H3,(H,40,44)(H2,38,39,46). The maximum atomic E-state index is 13.8. The number of unbranched alkanes of at least 4 members (excludes halogenated alkanes) is 13. The van der Waals surface area contributed by atoms with Crippen LogP contribution in [0.5, 0.6) is 17.5 Å². The molecule has 0 saturated heterocycles. The first-order valence-electron chi connectivity index (χ1n) is 18.3. The van der Waals surface area contributed by atoms with Gasteiger partial charge in [-0.3, -0.25) is 14.2 Å². The maximum absolute atomic E-state index is 13.8. The molecule has 2 aromatic rings. The number of aromatic nitrogens is 2. The number of anilines is 2. The summed E-state index contributed by atoms with van der Waals surface area (Å²) in [4.78, 5) is 53.4. The van der Waals surface area contributed by atoms with E-state index in [1.807, 2.05) is 6.92 Å². The number of aromatic hydroxyl groups is 1. The average Bonchev–Trinajstić information content (AvgIpc) is 3.86. The number of nitrogens with zero attached hydrogens (tertiary/aromatic N) is 2. The van der Waals surface area contributed by atoms with Gasteiger partial charge in [0.05, 0.1) is 19.9 Å². The first-order chi connectivity index (χ1) is 23.6. The third kappa shape index (κ3) is 11.0. The number of hydrogen-bond acceptors (Lipinski definition) is 7. The molecule has 1 fully saturated rings. The normalized spacial score (nSPS) is 13.8. The topological polar surface area (TPSA) is 153 Å². The quantitative estimate of drug-likeness (QED) is 0.0661. The lowest BCUT2D eigenvalue weighted by Gasteiger charge is -2.22. The molecule has 0 spiro atoms. The van der Waals surface area contributed by atoms with E-state index >= 15 is 0 Å². The number of carbonyl (C=O) groups excluding carboxylic acids is 3. The third-order valence-corrected chi connectivity index (χ3v) is 9.75. The molecule has 1 aromatic heterocycles. The molecule has 1 unspecified atom stereocenters. The molecule has 0 radical (unpaired) electrons. The van der Waals surface area contributed by atoms with Crippen molar-refractivity contribution in [1.82, 2.24) is 14.5 Å². The van der Waals surface area contributed by atoms with Gasteiger partial charge in [-0.2, -0.15) is 0 Å². The van der Waals surface area contributed by atoms with Crippen molar-refractivity contribution in [1.29, 1.82) is 0 Å². The molecule has 12 heteroatoms. The number of carbonyl (C=O) groups is 3. The first kappa shape index (κ1) is 39.5. The summed E-state index contributed by atoms with van der Waals surface area (Å²) in [5, 5.41) is 19.2. The van der Waals surface area contributed by atoms with Gasteiger partial charge in [-0.05, 0) is 43.9 Å². The van der Waals surface area contributed by atoms with Gasteiger partial charge in [0.25, 0.3) is 17.7 Å². The fourth-order valence-electron chi connectivity index (χ4n) is 6.40. The van der Waals surface area contributed by atoms with E-state index in [9.17, 15) is 24.3 Å². The molecule has 4 N–H and O–H groups in total. The van der Waals surface area contributed by atoms with Crippen molar-refractivity contribution in [2.24, 2.45) is 12.5 Å². The van der Waals surface area contributed by atoms with Gasteiger partial charge in [-0.1, -0.05) is 97.3 Å². The summed E-state index contributed by atoms with van der Waals surface area (Å²) in [5.41, 5.74) is -0.944. The Balaban J connectivity index is 1.51. The van der Waals surface area contributed by atoms with E-state index in [1.165, 1.54) is 98.0 Å². The average molecular weight is 686 g/mol. The summed E-state index contributed by atoms with van der Waals surface area (Å²) in [6.45, 7) is 4.66. The van der Waals surface area contributed by atoms with Crippen LogP contribution < -0.4 is 31.1 Å². The van der Waals surface area contributed by atoms with E-state index in [4.69, 9.17) is 9.47 Å². The number of rotatable bonds is 24. The van der Waals surface area contributed by atoms with Gasteiger partial charge in [-0.25, -0.2) is 14.2 Å².